The molecule has 146 valence electrons. The number of alkyl halides is 3. The minimum absolute atomic E-state index is 0.146. The van der Waals surface area contributed by atoms with E-state index in [1.807, 2.05) is 30.3 Å². The molecular formula is C21H14F3N3OS. The molecule has 0 N–H and O–H groups in total. The Kier molecular flexibility index (Phi) is 5.02. The second-order valence-corrected chi connectivity index (χ2v) is 7.26. The highest BCUT2D eigenvalue weighted by molar-refractivity contribution is 7.22. The van der Waals surface area contributed by atoms with Crippen molar-refractivity contribution in [1.82, 2.24) is 9.97 Å². The zero-order valence-corrected chi connectivity index (χ0v) is 15.7. The molecule has 29 heavy (non-hydrogen) atoms. The van der Waals surface area contributed by atoms with Gasteiger partial charge in [0.1, 0.15) is 0 Å². The van der Waals surface area contributed by atoms with E-state index in [9.17, 15) is 18.0 Å². The van der Waals surface area contributed by atoms with Crippen molar-refractivity contribution in [2.24, 2.45) is 0 Å². The molecule has 8 heteroatoms. The number of halogens is 3. The molecule has 4 rings (SSSR count). The molecule has 0 aliphatic heterocycles. The summed E-state index contributed by atoms with van der Waals surface area (Å²) in [6.45, 7) is 0.153. The lowest BCUT2D eigenvalue weighted by Gasteiger charge is -2.20. The number of hydrogen-bond acceptors (Lipinski definition) is 4. The maximum atomic E-state index is 13.2. The highest BCUT2D eigenvalue weighted by Crippen LogP contribution is 2.32. The molecule has 0 aliphatic carbocycles. The summed E-state index contributed by atoms with van der Waals surface area (Å²) in [4.78, 5) is 23.4. The van der Waals surface area contributed by atoms with Crippen molar-refractivity contribution in [3.05, 3.63) is 89.7 Å². The SMILES string of the molecule is O=C(c1ccc(C(F)(F)F)cc1)N(Cc1ccccn1)c1nc2ccccc2s1. The van der Waals surface area contributed by atoms with Crippen LogP contribution in [0.15, 0.2) is 72.9 Å². The van der Waals surface area contributed by atoms with E-state index in [1.54, 1.807) is 18.3 Å². The molecule has 0 radical (unpaired) electrons. The lowest BCUT2D eigenvalue weighted by atomic mass is 10.1. The standard InChI is InChI=1S/C21H14F3N3OS/c22-21(23,24)15-10-8-14(9-11-15)19(28)27(13-16-5-3-4-12-25-16)20-26-17-6-1-2-7-18(17)29-20/h1-12H,13H2. The lowest BCUT2D eigenvalue weighted by Crippen LogP contribution is -2.30. The Labute approximate surface area is 168 Å². The molecule has 0 atom stereocenters. The molecule has 4 nitrogen and oxygen atoms in total. The Balaban J connectivity index is 1.72. The first-order valence-corrected chi connectivity index (χ1v) is 9.48. The summed E-state index contributed by atoms with van der Waals surface area (Å²) in [5, 5.41) is 0.460. The Morgan fingerprint density at radius 1 is 0.966 bits per heavy atom. The summed E-state index contributed by atoms with van der Waals surface area (Å²) >= 11 is 1.34. The Hall–Kier alpha value is -3.26. The number of fused-ring (bicyclic) bond motifs is 1. The van der Waals surface area contributed by atoms with Crippen LogP contribution in [-0.4, -0.2) is 15.9 Å². The van der Waals surface area contributed by atoms with Gasteiger partial charge >= 0.3 is 6.18 Å². The fourth-order valence-electron chi connectivity index (χ4n) is 2.81. The highest BCUT2D eigenvalue weighted by Gasteiger charge is 2.31. The van der Waals surface area contributed by atoms with Gasteiger partial charge in [0, 0.05) is 11.8 Å². The van der Waals surface area contributed by atoms with Crippen LogP contribution in [0.1, 0.15) is 21.6 Å². The number of nitrogens with zero attached hydrogens (tertiary/aromatic N) is 3. The quantitative estimate of drug-likeness (QED) is 0.440. The number of carbonyl (C=O) groups excluding carboxylic acids is 1. The monoisotopic (exact) mass is 413 g/mol. The number of rotatable bonds is 4. The maximum Gasteiger partial charge on any atom is 0.416 e. The van der Waals surface area contributed by atoms with Crippen molar-refractivity contribution in [1.29, 1.82) is 0 Å². The van der Waals surface area contributed by atoms with Crippen LogP contribution in [-0.2, 0) is 12.7 Å². The molecule has 4 aromatic rings. The van der Waals surface area contributed by atoms with Gasteiger partial charge in [-0.3, -0.25) is 14.7 Å². The molecule has 0 fully saturated rings. The molecular weight excluding hydrogens is 399 g/mol. The number of hydrogen-bond donors (Lipinski definition) is 0. The van der Waals surface area contributed by atoms with E-state index < -0.39 is 17.6 Å². The van der Waals surface area contributed by atoms with Crippen molar-refractivity contribution in [3.63, 3.8) is 0 Å². The number of para-hydroxylation sites is 1. The predicted octanol–water partition coefficient (Wildman–Crippen LogP) is 5.56. The van der Waals surface area contributed by atoms with Crippen LogP contribution in [0.5, 0.6) is 0 Å². The molecule has 0 saturated heterocycles. The highest BCUT2D eigenvalue weighted by atomic mass is 32.1. The number of anilines is 1. The fourth-order valence-corrected chi connectivity index (χ4v) is 3.78. The van der Waals surface area contributed by atoms with Crippen molar-refractivity contribution in [3.8, 4) is 0 Å². The molecule has 2 aromatic carbocycles. The predicted molar refractivity (Wildman–Crippen MR) is 106 cm³/mol. The van der Waals surface area contributed by atoms with Crippen LogP contribution in [0, 0.1) is 0 Å². The average molecular weight is 413 g/mol. The van der Waals surface area contributed by atoms with E-state index in [4.69, 9.17) is 0 Å². The smallest absolute Gasteiger partial charge is 0.278 e. The minimum Gasteiger partial charge on any atom is -0.278 e. The van der Waals surface area contributed by atoms with Gasteiger partial charge in [-0.25, -0.2) is 4.98 Å². The van der Waals surface area contributed by atoms with Gasteiger partial charge in [0.25, 0.3) is 5.91 Å². The zero-order valence-electron chi connectivity index (χ0n) is 14.9. The van der Waals surface area contributed by atoms with Crippen LogP contribution in [0.4, 0.5) is 18.3 Å². The van der Waals surface area contributed by atoms with E-state index in [2.05, 4.69) is 9.97 Å². The van der Waals surface area contributed by atoms with E-state index in [1.165, 1.54) is 28.4 Å². The van der Waals surface area contributed by atoms with Gasteiger partial charge in [-0.1, -0.05) is 29.5 Å². The first-order valence-electron chi connectivity index (χ1n) is 8.66. The minimum atomic E-state index is -4.46. The maximum absolute atomic E-state index is 13.2. The normalized spacial score (nSPS) is 11.6. The topological polar surface area (TPSA) is 46.1 Å². The molecule has 0 spiro atoms. The number of benzene rings is 2. The Bertz CT molecular complexity index is 1110. The van der Waals surface area contributed by atoms with Crippen molar-refractivity contribution in [2.45, 2.75) is 12.7 Å². The number of aromatic nitrogens is 2. The van der Waals surface area contributed by atoms with E-state index >= 15 is 0 Å². The third-order valence-corrected chi connectivity index (χ3v) is 5.32. The second-order valence-electron chi connectivity index (χ2n) is 6.25. The third kappa shape index (κ3) is 4.12. The Morgan fingerprint density at radius 2 is 1.69 bits per heavy atom. The first kappa shape index (κ1) is 19.1. The Morgan fingerprint density at radius 3 is 2.34 bits per heavy atom. The van der Waals surface area contributed by atoms with E-state index in [0.29, 0.717) is 10.8 Å². The largest absolute Gasteiger partial charge is 0.416 e. The van der Waals surface area contributed by atoms with Crippen LogP contribution in [0.2, 0.25) is 0 Å². The summed E-state index contributed by atoms with van der Waals surface area (Å²) in [7, 11) is 0. The van der Waals surface area contributed by atoms with Crippen molar-refractivity contribution < 1.29 is 18.0 Å². The molecule has 2 aromatic heterocycles. The lowest BCUT2D eigenvalue weighted by molar-refractivity contribution is -0.137. The van der Waals surface area contributed by atoms with Crippen LogP contribution >= 0.6 is 11.3 Å². The van der Waals surface area contributed by atoms with Gasteiger partial charge in [-0.2, -0.15) is 13.2 Å². The second kappa shape index (κ2) is 7.63. The summed E-state index contributed by atoms with van der Waals surface area (Å²) < 4.78 is 39.4. The summed E-state index contributed by atoms with van der Waals surface area (Å²) in [6, 6.07) is 17.0. The van der Waals surface area contributed by atoms with Gasteiger partial charge in [0.2, 0.25) is 0 Å². The number of amides is 1. The third-order valence-electron chi connectivity index (χ3n) is 4.26. The molecule has 0 unspecified atom stereocenters. The number of carbonyl (C=O) groups is 1. The van der Waals surface area contributed by atoms with Crippen LogP contribution < -0.4 is 4.90 Å². The van der Waals surface area contributed by atoms with Crippen molar-refractivity contribution in [2.75, 3.05) is 4.90 Å². The zero-order chi connectivity index (χ0) is 20.4. The van der Waals surface area contributed by atoms with Gasteiger partial charge in [0.15, 0.2) is 5.13 Å². The van der Waals surface area contributed by atoms with Gasteiger partial charge in [-0.15, -0.1) is 0 Å². The van der Waals surface area contributed by atoms with Gasteiger partial charge in [-0.05, 0) is 48.5 Å². The summed E-state index contributed by atoms with van der Waals surface area (Å²) in [6.07, 6.45) is -2.84. The summed E-state index contributed by atoms with van der Waals surface area (Å²) in [5.41, 5.74) is 0.740. The molecule has 1 amide bonds. The molecule has 0 saturated carbocycles. The van der Waals surface area contributed by atoms with Gasteiger partial charge < -0.3 is 0 Å². The number of pyridine rings is 1. The van der Waals surface area contributed by atoms with Gasteiger partial charge in [0.05, 0.1) is 28.0 Å². The molecule has 0 bridgehead atoms. The van der Waals surface area contributed by atoms with Crippen LogP contribution in [0.3, 0.4) is 0 Å². The number of thiazole rings is 1. The van der Waals surface area contributed by atoms with E-state index in [0.717, 1.165) is 22.3 Å². The summed E-state index contributed by atoms with van der Waals surface area (Å²) in [5.74, 6) is -0.441. The van der Waals surface area contributed by atoms with E-state index in [-0.39, 0.29) is 12.1 Å². The molecule has 0 aliphatic rings. The van der Waals surface area contributed by atoms with Crippen molar-refractivity contribution >= 4 is 32.6 Å². The molecule has 2 heterocycles. The first-order chi connectivity index (χ1) is 13.9. The average Bonchev–Trinajstić information content (AvgIpc) is 3.15. The van der Waals surface area contributed by atoms with Crippen LogP contribution in [0.25, 0.3) is 10.2 Å². The fraction of sp³-hybridized carbons (Fsp3) is 0.0952.